The van der Waals surface area contributed by atoms with Crippen molar-refractivity contribution in [2.75, 3.05) is 6.61 Å². The first kappa shape index (κ1) is 13.0. The second-order valence-electron chi connectivity index (χ2n) is 4.60. The van der Waals surface area contributed by atoms with Crippen molar-refractivity contribution in [2.45, 2.75) is 31.9 Å². The van der Waals surface area contributed by atoms with E-state index in [9.17, 15) is 9.59 Å². The summed E-state index contributed by atoms with van der Waals surface area (Å²) in [6, 6.07) is 2.98. The minimum Gasteiger partial charge on any atom is -0.477 e. The van der Waals surface area contributed by atoms with Crippen LogP contribution < -0.4 is 5.32 Å². The molecule has 1 aliphatic rings. The number of rotatable bonds is 3. The molecule has 0 radical (unpaired) electrons. The Bertz CT molecular complexity index is 484. The maximum absolute atomic E-state index is 12.0. The third-order valence-corrected chi connectivity index (χ3v) is 4.40. The Hall–Kier alpha value is -1.40. The Balaban J connectivity index is 2.09. The maximum atomic E-state index is 12.0. The predicted molar refractivity (Wildman–Crippen MR) is 67.2 cm³/mol. The van der Waals surface area contributed by atoms with Crippen molar-refractivity contribution >= 4 is 23.2 Å². The summed E-state index contributed by atoms with van der Waals surface area (Å²) < 4.78 is 5.44. The average molecular weight is 269 g/mol. The summed E-state index contributed by atoms with van der Waals surface area (Å²) in [5.41, 5.74) is -0.384. The van der Waals surface area contributed by atoms with Gasteiger partial charge in [0.05, 0.1) is 16.5 Å². The highest BCUT2D eigenvalue weighted by Gasteiger charge is 2.38. The van der Waals surface area contributed by atoms with Crippen molar-refractivity contribution in [3.63, 3.8) is 0 Å². The fraction of sp³-hybridized carbons (Fsp3) is 0.500. The van der Waals surface area contributed by atoms with Crippen molar-refractivity contribution in [3.8, 4) is 0 Å². The van der Waals surface area contributed by atoms with E-state index in [0.717, 1.165) is 17.8 Å². The van der Waals surface area contributed by atoms with Gasteiger partial charge < -0.3 is 15.2 Å². The summed E-state index contributed by atoms with van der Waals surface area (Å²) in [5, 5.41) is 11.7. The number of hydrogen-bond acceptors (Lipinski definition) is 4. The lowest BCUT2D eigenvalue weighted by Crippen LogP contribution is -2.50. The number of carboxylic acids is 1. The summed E-state index contributed by atoms with van der Waals surface area (Å²) in [6.45, 7) is 4.49. The van der Waals surface area contributed by atoms with E-state index in [1.165, 1.54) is 12.1 Å². The van der Waals surface area contributed by atoms with Gasteiger partial charge >= 0.3 is 5.97 Å². The minimum absolute atomic E-state index is 0.0413. The first-order valence-corrected chi connectivity index (χ1v) is 6.51. The number of carbonyl (C=O) groups excluding carboxylic acids is 1. The fourth-order valence-corrected chi connectivity index (χ4v) is 2.63. The molecule has 0 spiro atoms. The Kier molecular flexibility index (Phi) is 3.41. The number of amides is 1. The Morgan fingerprint density at radius 1 is 1.50 bits per heavy atom. The van der Waals surface area contributed by atoms with Crippen LogP contribution in [0, 0.1) is 0 Å². The molecule has 0 saturated carbocycles. The molecule has 0 bridgehead atoms. The van der Waals surface area contributed by atoms with E-state index in [-0.39, 0.29) is 22.4 Å². The van der Waals surface area contributed by atoms with Crippen molar-refractivity contribution < 1.29 is 19.4 Å². The van der Waals surface area contributed by atoms with Crippen LogP contribution in [0.4, 0.5) is 0 Å². The first-order chi connectivity index (χ1) is 8.42. The van der Waals surface area contributed by atoms with Crippen LogP contribution in [0.15, 0.2) is 12.1 Å². The van der Waals surface area contributed by atoms with Gasteiger partial charge in [-0.15, -0.1) is 11.3 Å². The third-order valence-electron chi connectivity index (χ3n) is 3.33. The Labute approximate surface area is 109 Å². The molecule has 1 fully saturated rings. The van der Waals surface area contributed by atoms with Gasteiger partial charge in [-0.2, -0.15) is 0 Å². The molecular weight excluding hydrogens is 254 g/mol. The van der Waals surface area contributed by atoms with E-state index in [2.05, 4.69) is 5.32 Å². The first-order valence-electron chi connectivity index (χ1n) is 5.69. The maximum Gasteiger partial charge on any atom is 0.345 e. The number of carboxylic acid groups (broad SMARTS) is 1. The zero-order valence-corrected chi connectivity index (χ0v) is 11.0. The van der Waals surface area contributed by atoms with Crippen LogP contribution in [0.5, 0.6) is 0 Å². The van der Waals surface area contributed by atoms with Gasteiger partial charge in [0.15, 0.2) is 0 Å². The third kappa shape index (κ3) is 2.39. The van der Waals surface area contributed by atoms with Crippen molar-refractivity contribution in [1.82, 2.24) is 5.32 Å². The number of aromatic carboxylic acids is 1. The van der Waals surface area contributed by atoms with Gasteiger partial charge in [-0.1, -0.05) is 0 Å². The fourth-order valence-electron chi connectivity index (χ4n) is 1.89. The Morgan fingerprint density at radius 2 is 2.17 bits per heavy atom. The standard InChI is InChI=1S/C12H15NO4S/c1-7-12(2,5-6-17-7)13-10(14)8-3-4-9(18-8)11(15)16/h3-4,7H,5-6H2,1-2H3,(H,13,14)(H,15,16). The Morgan fingerprint density at radius 3 is 2.67 bits per heavy atom. The number of hydrogen-bond donors (Lipinski definition) is 2. The van der Waals surface area contributed by atoms with E-state index >= 15 is 0 Å². The summed E-state index contributed by atoms with van der Waals surface area (Å²) in [6.07, 6.45) is 0.720. The van der Waals surface area contributed by atoms with Gasteiger partial charge in [-0.25, -0.2) is 4.79 Å². The van der Waals surface area contributed by atoms with Crippen molar-refractivity contribution in [1.29, 1.82) is 0 Å². The van der Waals surface area contributed by atoms with Crippen LogP contribution in [0.3, 0.4) is 0 Å². The van der Waals surface area contributed by atoms with E-state index in [4.69, 9.17) is 9.84 Å². The van der Waals surface area contributed by atoms with Crippen LogP contribution >= 0.6 is 11.3 Å². The zero-order valence-electron chi connectivity index (χ0n) is 10.2. The highest BCUT2D eigenvalue weighted by atomic mass is 32.1. The van der Waals surface area contributed by atoms with Gasteiger partial charge in [-0.3, -0.25) is 4.79 Å². The number of nitrogens with one attached hydrogen (secondary N) is 1. The SMILES string of the molecule is CC1OCCC1(C)NC(=O)c1ccc(C(=O)O)s1. The van der Waals surface area contributed by atoms with Gasteiger partial charge in [0.1, 0.15) is 4.88 Å². The van der Waals surface area contributed by atoms with Crippen LogP contribution in [0.1, 0.15) is 39.6 Å². The van der Waals surface area contributed by atoms with Crippen molar-refractivity contribution in [3.05, 3.63) is 21.9 Å². The smallest absolute Gasteiger partial charge is 0.345 e. The summed E-state index contributed by atoms with van der Waals surface area (Å²) in [5.74, 6) is -1.25. The summed E-state index contributed by atoms with van der Waals surface area (Å²) in [4.78, 5) is 23.4. The van der Waals surface area contributed by atoms with Gasteiger partial charge in [0.2, 0.25) is 0 Å². The second kappa shape index (κ2) is 4.70. The normalized spacial score (nSPS) is 27.1. The van der Waals surface area contributed by atoms with Gasteiger partial charge in [-0.05, 0) is 32.4 Å². The summed E-state index contributed by atoms with van der Waals surface area (Å²) in [7, 11) is 0. The predicted octanol–water partition coefficient (Wildman–Crippen LogP) is 1.74. The molecule has 2 N–H and O–H groups in total. The molecular formula is C12H15NO4S. The minimum atomic E-state index is -1.01. The molecule has 2 heterocycles. The van der Waals surface area contributed by atoms with Gasteiger partial charge in [0, 0.05) is 6.61 Å². The van der Waals surface area contributed by atoms with Crippen LogP contribution in [-0.2, 0) is 4.74 Å². The molecule has 0 aromatic carbocycles. The monoisotopic (exact) mass is 269 g/mol. The molecule has 2 unspecified atom stereocenters. The molecule has 5 nitrogen and oxygen atoms in total. The lowest BCUT2D eigenvalue weighted by Gasteiger charge is -2.28. The van der Waals surface area contributed by atoms with E-state index in [1.54, 1.807) is 0 Å². The lowest BCUT2D eigenvalue weighted by molar-refractivity contribution is 0.0701. The van der Waals surface area contributed by atoms with Crippen LogP contribution in [-0.4, -0.2) is 35.2 Å². The largest absolute Gasteiger partial charge is 0.477 e. The average Bonchev–Trinajstić information content (AvgIpc) is 2.87. The molecule has 6 heteroatoms. The van der Waals surface area contributed by atoms with Crippen molar-refractivity contribution in [2.24, 2.45) is 0 Å². The molecule has 1 amide bonds. The highest BCUT2D eigenvalue weighted by molar-refractivity contribution is 7.15. The van der Waals surface area contributed by atoms with E-state index in [0.29, 0.717) is 11.5 Å². The molecule has 0 aliphatic carbocycles. The summed E-state index contributed by atoms with van der Waals surface area (Å²) >= 11 is 0.980. The zero-order chi connectivity index (χ0) is 13.3. The molecule has 2 atom stereocenters. The number of thiophene rings is 1. The highest BCUT2D eigenvalue weighted by Crippen LogP contribution is 2.26. The molecule has 1 saturated heterocycles. The van der Waals surface area contributed by atoms with Crippen LogP contribution in [0.2, 0.25) is 0 Å². The molecule has 98 valence electrons. The molecule has 1 aromatic heterocycles. The lowest BCUT2D eigenvalue weighted by atomic mass is 9.94. The van der Waals surface area contributed by atoms with Crippen LogP contribution in [0.25, 0.3) is 0 Å². The van der Waals surface area contributed by atoms with E-state index < -0.39 is 5.97 Å². The molecule has 2 rings (SSSR count). The van der Waals surface area contributed by atoms with Gasteiger partial charge in [0.25, 0.3) is 5.91 Å². The number of carbonyl (C=O) groups is 2. The quantitative estimate of drug-likeness (QED) is 0.876. The number of ether oxygens (including phenoxy) is 1. The van der Waals surface area contributed by atoms with E-state index in [1.807, 2.05) is 13.8 Å². The molecule has 18 heavy (non-hydrogen) atoms. The molecule has 1 aromatic rings. The topological polar surface area (TPSA) is 75.6 Å². The molecule has 1 aliphatic heterocycles. The second-order valence-corrected chi connectivity index (χ2v) is 5.69.